The number of carbonyl (C=O) groups excluding carboxylic acids is 1. The van der Waals surface area contributed by atoms with E-state index in [-0.39, 0.29) is 11.9 Å². The zero-order chi connectivity index (χ0) is 16.9. The quantitative estimate of drug-likeness (QED) is 0.886. The maximum atomic E-state index is 12.5. The molecular weight excluding hydrogens is 298 g/mol. The molecule has 24 heavy (non-hydrogen) atoms. The summed E-state index contributed by atoms with van der Waals surface area (Å²) >= 11 is 0. The van der Waals surface area contributed by atoms with E-state index in [2.05, 4.69) is 64.9 Å². The summed E-state index contributed by atoms with van der Waals surface area (Å²) in [6.07, 6.45) is 1.84. The van der Waals surface area contributed by atoms with E-state index in [1.54, 1.807) is 7.05 Å². The van der Waals surface area contributed by atoms with E-state index in [1.807, 2.05) is 0 Å². The maximum absolute atomic E-state index is 12.5. The first-order valence-electron chi connectivity index (χ1n) is 8.88. The molecule has 4 heteroatoms. The van der Waals surface area contributed by atoms with Crippen molar-refractivity contribution < 1.29 is 4.79 Å². The Kier molecular flexibility index (Phi) is 5.48. The molecule has 0 radical (unpaired) electrons. The number of nitrogens with one attached hydrogen (secondary N) is 2. The zero-order valence-corrected chi connectivity index (χ0v) is 14.6. The van der Waals surface area contributed by atoms with Gasteiger partial charge in [0.05, 0.1) is 6.04 Å². The van der Waals surface area contributed by atoms with Gasteiger partial charge in [0.1, 0.15) is 0 Å². The fourth-order valence-corrected chi connectivity index (χ4v) is 3.55. The van der Waals surface area contributed by atoms with Gasteiger partial charge >= 0.3 is 0 Å². The van der Waals surface area contributed by atoms with Gasteiger partial charge < -0.3 is 10.6 Å². The summed E-state index contributed by atoms with van der Waals surface area (Å²) in [5.74, 6) is 0.111. The molecule has 2 N–H and O–H groups in total. The second-order valence-corrected chi connectivity index (χ2v) is 6.57. The van der Waals surface area contributed by atoms with Crippen molar-refractivity contribution >= 4 is 16.7 Å². The first-order chi connectivity index (χ1) is 11.7. The monoisotopic (exact) mass is 325 g/mol. The van der Waals surface area contributed by atoms with Crippen LogP contribution in [-0.4, -0.2) is 49.6 Å². The summed E-state index contributed by atoms with van der Waals surface area (Å²) in [7, 11) is 1.73. The number of amides is 1. The molecule has 2 atom stereocenters. The Labute approximate surface area is 144 Å². The number of likely N-dealkylation sites (N-methyl/N-ethyl adjacent to an activating group) is 1. The van der Waals surface area contributed by atoms with Crippen LogP contribution in [0, 0.1) is 0 Å². The largest absolute Gasteiger partial charge is 0.358 e. The molecule has 0 aromatic heterocycles. The Morgan fingerprint density at radius 1 is 1.29 bits per heavy atom. The third kappa shape index (κ3) is 3.77. The van der Waals surface area contributed by atoms with E-state index in [9.17, 15) is 4.79 Å². The minimum Gasteiger partial charge on any atom is -0.358 e. The van der Waals surface area contributed by atoms with E-state index in [1.165, 1.54) is 16.3 Å². The second kappa shape index (κ2) is 7.77. The van der Waals surface area contributed by atoms with Crippen molar-refractivity contribution in [3.63, 3.8) is 0 Å². The fraction of sp³-hybridized carbons (Fsp3) is 0.450. The van der Waals surface area contributed by atoms with Crippen molar-refractivity contribution in [1.82, 2.24) is 15.5 Å². The Morgan fingerprint density at radius 3 is 2.83 bits per heavy atom. The van der Waals surface area contributed by atoms with Gasteiger partial charge in [0.25, 0.3) is 0 Å². The van der Waals surface area contributed by atoms with Crippen LogP contribution in [-0.2, 0) is 11.2 Å². The molecule has 0 aliphatic carbocycles. The highest BCUT2D eigenvalue weighted by Crippen LogP contribution is 2.19. The molecular formula is C20H27N3O. The smallest absolute Gasteiger partial charge is 0.237 e. The van der Waals surface area contributed by atoms with Crippen LogP contribution in [0.3, 0.4) is 0 Å². The molecule has 0 spiro atoms. The molecule has 1 aliphatic heterocycles. The third-order valence-corrected chi connectivity index (χ3v) is 5.01. The maximum Gasteiger partial charge on any atom is 0.237 e. The lowest BCUT2D eigenvalue weighted by Crippen LogP contribution is -2.57. The van der Waals surface area contributed by atoms with E-state index in [0.717, 1.165) is 32.5 Å². The first kappa shape index (κ1) is 16.9. The van der Waals surface area contributed by atoms with Gasteiger partial charge in [-0.2, -0.15) is 0 Å². The normalized spacial score (nSPS) is 20.0. The van der Waals surface area contributed by atoms with Crippen molar-refractivity contribution in [2.75, 3.05) is 26.7 Å². The Hall–Kier alpha value is -1.91. The summed E-state index contributed by atoms with van der Waals surface area (Å²) in [5.41, 5.74) is 1.22. The lowest BCUT2D eigenvalue weighted by Gasteiger charge is -2.38. The number of piperazine rings is 1. The van der Waals surface area contributed by atoms with Gasteiger partial charge in [0.15, 0.2) is 0 Å². The van der Waals surface area contributed by atoms with Crippen molar-refractivity contribution in [1.29, 1.82) is 0 Å². The Balaban J connectivity index is 1.81. The number of rotatable bonds is 5. The highest BCUT2D eigenvalue weighted by molar-refractivity contribution is 5.84. The third-order valence-electron chi connectivity index (χ3n) is 5.01. The zero-order valence-electron chi connectivity index (χ0n) is 14.6. The van der Waals surface area contributed by atoms with Gasteiger partial charge in [-0.25, -0.2) is 0 Å². The van der Waals surface area contributed by atoms with Crippen molar-refractivity contribution in [3.8, 4) is 0 Å². The van der Waals surface area contributed by atoms with Gasteiger partial charge in [0.2, 0.25) is 5.91 Å². The average Bonchev–Trinajstić information content (AvgIpc) is 2.65. The SMILES string of the molecule is CCC1CN(C(Cc2ccc3ccccc3c2)C(=O)NC)CCN1. The molecule has 2 aromatic carbocycles. The molecule has 1 fully saturated rings. The van der Waals surface area contributed by atoms with Crippen molar-refractivity contribution in [2.24, 2.45) is 0 Å². The lowest BCUT2D eigenvalue weighted by atomic mass is 9.99. The fourth-order valence-electron chi connectivity index (χ4n) is 3.55. The summed E-state index contributed by atoms with van der Waals surface area (Å²) in [6, 6.07) is 15.3. The van der Waals surface area contributed by atoms with Gasteiger partial charge in [-0.3, -0.25) is 9.69 Å². The number of carbonyl (C=O) groups is 1. The topological polar surface area (TPSA) is 44.4 Å². The van der Waals surface area contributed by atoms with Crippen LogP contribution in [0.2, 0.25) is 0 Å². The van der Waals surface area contributed by atoms with E-state index < -0.39 is 0 Å². The number of fused-ring (bicyclic) bond motifs is 1. The molecule has 0 bridgehead atoms. The highest BCUT2D eigenvalue weighted by Gasteiger charge is 2.29. The summed E-state index contributed by atoms with van der Waals surface area (Å²) < 4.78 is 0. The second-order valence-electron chi connectivity index (χ2n) is 6.57. The van der Waals surface area contributed by atoms with E-state index in [0.29, 0.717) is 6.04 Å². The van der Waals surface area contributed by atoms with Gasteiger partial charge in [-0.05, 0) is 29.2 Å². The van der Waals surface area contributed by atoms with Crippen LogP contribution in [0.5, 0.6) is 0 Å². The molecule has 1 heterocycles. The number of hydrogen-bond donors (Lipinski definition) is 2. The van der Waals surface area contributed by atoms with Crippen LogP contribution >= 0.6 is 0 Å². The number of benzene rings is 2. The number of hydrogen-bond acceptors (Lipinski definition) is 3. The molecule has 1 saturated heterocycles. The highest BCUT2D eigenvalue weighted by atomic mass is 16.2. The predicted octanol–water partition coefficient (Wildman–Crippen LogP) is 2.18. The molecule has 2 aromatic rings. The molecule has 1 aliphatic rings. The summed E-state index contributed by atoms with van der Waals surface area (Å²) in [4.78, 5) is 14.8. The minimum atomic E-state index is -0.104. The van der Waals surface area contributed by atoms with E-state index in [4.69, 9.17) is 0 Å². The van der Waals surface area contributed by atoms with Crippen LogP contribution in [0.1, 0.15) is 18.9 Å². The van der Waals surface area contributed by atoms with Gasteiger partial charge in [0, 0.05) is 32.7 Å². The van der Waals surface area contributed by atoms with Crippen LogP contribution < -0.4 is 10.6 Å². The van der Waals surface area contributed by atoms with Crippen LogP contribution in [0.25, 0.3) is 10.8 Å². The summed E-state index contributed by atoms with van der Waals surface area (Å²) in [6.45, 7) is 4.99. The molecule has 2 unspecified atom stereocenters. The Bertz CT molecular complexity index is 700. The molecule has 4 nitrogen and oxygen atoms in total. The van der Waals surface area contributed by atoms with Crippen LogP contribution in [0.15, 0.2) is 42.5 Å². The van der Waals surface area contributed by atoms with E-state index >= 15 is 0 Å². The molecule has 1 amide bonds. The van der Waals surface area contributed by atoms with Crippen molar-refractivity contribution in [3.05, 3.63) is 48.0 Å². The first-order valence-corrected chi connectivity index (χ1v) is 8.88. The standard InChI is InChI=1S/C20H27N3O/c1-3-18-14-23(11-10-22-18)19(20(24)21-2)13-15-8-9-16-6-4-5-7-17(16)12-15/h4-9,12,18-19,22H,3,10-11,13-14H2,1-2H3,(H,21,24). The van der Waals surface area contributed by atoms with Crippen molar-refractivity contribution in [2.45, 2.75) is 31.8 Å². The molecule has 3 rings (SSSR count). The van der Waals surface area contributed by atoms with Gasteiger partial charge in [-0.1, -0.05) is 49.4 Å². The minimum absolute atomic E-state index is 0.104. The predicted molar refractivity (Wildman–Crippen MR) is 99.2 cm³/mol. The Morgan fingerprint density at radius 2 is 2.08 bits per heavy atom. The summed E-state index contributed by atoms with van der Waals surface area (Å²) in [5, 5.41) is 8.85. The van der Waals surface area contributed by atoms with Gasteiger partial charge in [-0.15, -0.1) is 0 Å². The number of nitrogens with zero attached hydrogens (tertiary/aromatic N) is 1. The lowest BCUT2D eigenvalue weighted by molar-refractivity contribution is -0.126. The average molecular weight is 325 g/mol. The van der Waals surface area contributed by atoms with Crippen LogP contribution in [0.4, 0.5) is 0 Å². The molecule has 0 saturated carbocycles. The molecule has 128 valence electrons.